The van der Waals surface area contributed by atoms with Crippen LogP contribution < -0.4 is 10.6 Å². The number of nitrogens with one attached hydrogen (secondary N) is 2. The lowest BCUT2D eigenvalue weighted by Crippen LogP contribution is -2.43. The summed E-state index contributed by atoms with van der Waals surface area (Å²) in [6.45, 7) is 1.58. The molecule has 4 heteroatoms. The van der Waals surface area contributed by atoms with Gasteiger partial charge < -0.3 is 10.6 Å². The van der Waals surface area contributed by atoms with E-state index >= 15 is 0 Å². The summed E-state index contributed by atoms with van der Waals surface area (Å²) in [7, 11) is 1.90. The van der Waals surface area contributed by atoms with Gasteiger partial charge in [0.1, 0.15) is 5.82 Å². The summed E-state index contributed by atoms with van der Waals surface area (Å²) in [6, 6.07) is 6.41. The van der Waals surface area contributed by atoms with Gasteiger partial charge in [-0.15, -0.1) is 0 Å². The highest BCUT2D eigenvalue weighted by Gasteiger charge is 2.42. The van der Waals surface area contributed by atoms with Gasteiger partial charge in [0.15, 0.2) is 0 Å². The summed E-state index contributed by atoms with van der Waals surface area (Å²) < 4.78 is 13.1. The van der Waals surface area contributed by atoms with E-state index in [-0.39, 0.29) is 11.7 Å². The third-order valence-corrected chi connectivity index (χ3v) is 4.18. The molecule has 0 aliphatic heterocycles. The molecule has 20 heavy (non-hydrogen) atoms. The normalized spacial score (nSPS) is 17.1. The number of carbonyl (C=O) groups is 1. The molecule has 1 aromatic rings. The highest BCUT2D eigenvalue weighted by Crippen LogP contribution is 2.41. The second-order valence-corrected chi connectivity index (χ2v) is 5.51. The van der Waals surface area contributed by atoms with Crippen LogP contribution in [0.3, 0.4) is 0 Å². The Balaban J connectivity index is 2.09. The minimum absolute atomic E-state index is 0.0951. The highest BCUT2D eigenvalue weighted by molar-refractivity contribution is 5.88. The molecule has 1 amide bonds. The topological polar surface area (TPSA) is 41.1 Å². The van der Waals surface area contributed by atoms with Gasteiger partial charge in [0.2, 0.25) is 5.91 Å². The van der Waals surface area contributed by atoms with E-state index in [2.05, 4.69) is 10.6 Å². The summed E-state index contributed by atoms with van der Waals surface area (Å²) in [5.41, 5.74) is 0.496. The number of halogens is 1. The number of carbonyl (C=O) groups excluding carboxylic acids is 1. The molecular weight excluding hydrogens is 255 g/mol. The van der Waals surface area contributed by atoms with E-state index < -0.39 is 5.41 Å². The second kappa shape index (κ2) is 6.84. The Kier molecular flexibility index (Phi) is 5.12. The lowest BCUT2D eigenvalue weighted by Gasteiger charge is -2.28. The Morgan fingerprint density at radius 3 is 2.45 bits per heavy atom. The zero-order valence-electron chi connectivity index (χ0n) is 12.0. The first kappa shape index (κ1) is 15.0. The zero-order chi connectivity index (χ0) is 14.4. The highest BCUT2D eigenvalue weighted by atomic mass is 19.1. The van der Waals surface area contributed by atoms with Crippen molar-refractivity contribution in [1.82, 2.24) is 10.6 Å². The Morgan fingerprint density at radius 2 is 1.85 bits per heavy atom. The average Bonchev–Trinajstić information content (AvgIpc) is 2.95. The van der Waals surface area contributed by atoms with Crippen LogP contribution in [-0.2, 0) is 10.2 Å². The van der Waals surface area contributed by atoms with Gasteiger partial charge in [0.25, 0.3) is 0 Å². The van der Waals surface area contributed by atoms with E-state index in [4.69, 9.17) is 0 Å². The van der Waals surface area contributed by atoms with Crippen molar-refractivity contribution in [3.8, 4) is 0 Å². The van der Waals surface area contributed by atoms with Gasteiger partial charge in [-0.25, -0.2) is 4.39 Å². The zero-order valence-corrected chi connectivity index (χ0v) is 12.0. The number of amides is 1. The summed E-state index contributed by atoms with van der Waals surface area (Å²) >= 11 is 0. The lowest BCUT2D eigenvalue weighted by molar-refractivity contribution is -0.126. The van der Waals surface area contributed by atoms with Crippen molar-refractivity contribution in [2.24, 2.45) is 0 Å². The van der Waals surface area contributed by atoms with Crippen molar-refractivity contribution in [3.63, 3.8) is 0 Å². The molecule has 1 saturated carbocycles. The average molecular weight is 278 g/mol. The standard InChI is InChI=1S/C16H23FN2O/c1-18-11-4-12-19-15(20)16(9-2-3-10-16)13-5-7-14(17)8-6-13/h5-8,18H,2-4,9-12H2,1H3,(H,19,20). The molecule has 2 N–H and O–H groups in total. The molecule has 0 atom stereocenters. The lowest BCUT2D eigenvalue weighted by atomic mass is 9.78. The molecular formula is C16H23FN2O. The number of benzene rings is 1. The molecule has 1 aliphatic carbocycles. The van der Waals surface area contributed by atoms with Crippen molar-refractivity contribution in [1.29, 1.82) is 0 Å². The van der Waals surface area contributed by atoms with Crippen molar-refractivity contribution in [2.45, 2.75) is 37.5 Å². The number of hydrogen-bond donors (Lipinski definition) is 2. The fourth-order valence-corrected chi connectivity index (χ4v) is 3.03. The van der Waals surface area contributed by atoms with Gasteiger partial charge in [0.05, 0.1) is 5.41 Å². The summed E-state index contributed by atoms with van der Waals surface area (Å²) in [4.78, 5) is 12.6. The molecule has 0 aromatic heterocycles. The van der Waals surface area contributed by atoms with Gasteiger partial charge >= 0.3 is 0 Å². The fraction of sp³-hybridized carbons (Fsp3) is 0.562. The van der Waals surface area contributed by atoms with Crippen LogP contribution in [0.4, 0.5) is 4.39 Å². The van der Waals surface area contributed by atoms with Crippen molar-refractivity contribution < 1.29 is 9.18 Å². The molecule has 0 spiro atoms. The second-order valence-electron chi connectivity index (χ2n) is 5.51. The summed E-state index contributed by atoms with van der Waals surface area (Å²) in [5.74, 6) is -0.158. The molecule has 0 saturated heterocycles. The Morgan fingerprint density at radius 1 is 1.20 bits per heavy atom. The van der Waals surface area contributed by atoms with Crippen molar-refractivity contribution in [3.05, 3.63) is 35.6 Å². The largest absolute Gasteiger partial charge is 0.355 e. The first-order valence-corrected chi connectivity index (χ1v) is 7.38. The van der Waals surface area contributed by atoms with Crippen LogP contribution in [0, 0.1) is 5.82 Å². The van der Waals surface area contributed by atoms with E-state index in [0.717, 1.165) is 44.2 Å². The fourth-order valence-electron chi connectivity index (χ4n) is 3.03. The SMILES string of the molecule is CNCCCNC(=O)C1(c2ccc(F)cc2)CCCC1. The Bertz CT molecular complexity index is 438. The Hall–Kier alpha value is -1.42. The van der Waals surface area contributed by atoms with Crippen LogP contribution in [0.5, 0.6) is 0 Å². The van der Waals surface area contributed by atoms with Gasteiger partial charge in [-0.1, -0.05) is 25.0 Å². The van der Waals surface area contributed by atoms with Crippen LogP contribution in [0.2, 0.25) is 0 Å². The molecule has 0 radical (unpaired) electrons. The predicted molar refractivity (Wildman–Crippen MR) is 78.1 cm³/mol. The number of hydrogen-bond acceptors (Lipinski definition) is 2. The minimum Gasteiger partial charge on any atom is -0.355 e. The quantitative estimate of drug-likeness (QED) is 0.784. The van der Waals surface area contributed by atoms with Crippen molar-refractivity contribution >= 4 is 5.91 Å². The molecule has 3 nitrogen and oxygen atoms in total. The molecule has 2 rings (SSSR count). The molecule has 1 fully saturated rings. The first-order chi connectivity index (χ1) is 9.69. The van der Waals surface area contributed by atoms with E-state index in [1.54, 1.807) is 12.1 Å². The van der Waals surface area contributed by atoms with Crippen molar-refractivity contribution in [2.75, 3.05) is 20.1 Å². The third-order valence-electron chi connectivity index (χ3n) is 4.18. The molecule has 0 unspecified atom stereocenters. The van der Waals surface area contributed by atoms with Gasteiger partial charge in [-0.2, -0.15) is 0 Å². The van der Waals surface area contributed by atoms with E-state index in [9.17, 15) is 9.18 Å². The van der Waals surface area contributed by atoms with Gasteiger partial charge in [-0.3, -0.25) is 4.79 Å². The van der Waals surface area contributed by atoms with Crippen LogP contribution in [-0.4, -0.2) is 26.0 Å². The third kappa shape index (κ3) is 3.18. The maximum absolute atomic E-state index is 13.1. The van der Waals surface area contributed by atoms with Crippen LogP contribution >= 0.6 is 0 Å². The summed E-state index contributed by atoms with van der Waals surface area (Å²) in [5, 5.41) is 6.11. The molecule has 0 bridgehead atoms. The van der Waals surface area contributed by atoms with E-state index in [1.807, 2.05) is 7.05 Å². The van der Waals surface area contributed by atoms with Crippen LogP contribution in [0.25, 0.3) is 0 Å². The van der Waals surface area contributed by atoms with Crippen LogP contribution in [0.15, 0.2) is 24.3 Å². The maximum atomic E-state index is 13.1. The maximum Gasteiger partial charge on any atom is 0.230 e. The minimum atomic E-state index is -0.451. The Labute approximate surface area is 120 Å². The van der Waals surface area contributed by atoms with E-state index in [0.29, 0.717) is 6.54 Å². The van der Waals surface area contributed by atoms with E-state index in [1.165, 1.54) is 12.1 Å². The molecule has 0 heterocycles. The molecule has 110 valence electrons. The number of rotatable bonds is 6. The molecule has 1 aromatic carbocycles. The first-order valence-electron chi connectivity index (χ1n) is 7.38. The predicted octanol–water partition coefficient (Wildman–Crippen LogP) is 2.36. The smallest absolute Gasteiger partial charge is 0.230 e. The summed E-state index contributed by atoms with van der Waals surface area (Å²) in [6.07, 6.45) is 4.75. The van der Waals surface area contributed by atoms with Gasteiger partial charge in [-0.05, 0) is 50.6 Å². The molecule has 1 aliphatic rings. The van der Waals surface area contributed by atoms with Crippen LogP contribution in [0.1, 0.15) is 37.7 Å². The van der Waals surface area contributed by atoms with Gasteiger partial charge in [0, 0.05) is 6.54 Å². The monoisotopic (exact) mass is 278 g/mol.